The summed E-state index contributed by atoms with van der Waals surface area (Å²) >= 11 is 1.19. The Bertz CT molecular complexity index is 326. The molecule has 0 atom stereocenters. The molecule has 0 fully saturated rings. The summed E-state index contributed by atoms with van der Waals surface area (Å²) in [4.78, 5) is 10.8. The van der Waals surface area contributed by atoms with Crippen LogP contribution in [-0.2, 0) is 0 Å². The van der Waals surface area contributed by atoms with Gasteiger partial charge in [-0.1, -0.05) is 0 Å². The van der Waals surface area contributed by atoms with Crippen LogP contribution in [0.25, 0.3) is 0 Å². The Morgan fingerprint density at radius 3 is 2.69 bits per heavy atom. The van der Waals surface area contributed by atoms with Gasteiger partial charge >= 0.3 is 0 Å². The zero-order valence-electron chi connectivity index (χ0n) is 7.33. The number of thioether (sulfide) groups is 1. The number of ether oxygens (including phenoxy) is 1. The van der Waals surface area contributed by atoms with Crippen LogP contribution in [0.3, 0.4) is 0 Å². The molecule has 1 aromatic rings. The standard InChI is InChI=1S/C9H9FO2S/c1-12-7-4-3-6(5-11)9(13-2)8(7)10/h3-5H,1-2H3. The molecule has 0 heterocycles. The summed E-state index contributed by atoms with van der Waals surface area (Å²) < 4.78 is 18.2. The van der Waals surface area contributed by atoms with Gasteiger partial charge in [0.2, 0.25) is 0 Å². The van der Waals surface area contributed by atoms with Crippen LogP contribution in [0.15, 0.2) is 17.0 Å². The third kappa shape index (κ3) is 1.83. The molecule has 0 aliphatic rings. The molecule has 0 spiro atoms. The molecule has 0 radical (unpaired) electrons. The molecule has 0 saturated carbocycles. The van der Waals surface area contributed by atoms with Gasteiger partial charge in [0, 0.05) is 5.56 Å². The van der Waals surface area contributed by atoms with Gasteiger partial charge in [-0.05, 0) is 18.4 Å². The molecule has 0 aliphatic carbocycles. The lowest BCUT2D eigenvalue weighted by Crippen LogP contribution is -1.94. The molecule has 0 unspecified atom stereocenters. The van der Waals surface area contributed by atoms with Crippen LogP contribution in [0.1, 0.15) is 10.4 Å². The first-order valence-electron chi connectivity index (χ1n) is 3.60. The fraction of sp³-hybridized carbons (Fsp3) is 0.222. The van der Waals surface area contributed by atoms with E-state index >= 15 is 0 Å². The van der Waals surface area contributed by atoms with Crippen LogP contribution < -0.4 is 4.74 Å². The molecular formula is C9H9FO2S. The fourth-order valence-corrected chi connectivity index (χ4v) is 1.64. The van der Waals surface area contributed by atoms with Crippen molar-refractivity contribution in [2.24, 2.45) is 0 Å². The molecule has 1 rings (SSSR count). The Labute approximate surface area is 80.1 Å². The number of hydrogen-bond acceptors (Lipinski definition) is 3. The van der Waals surface area contributed by atoms with E-state index in [4.69, 9.17) is 4.74 Å². The topological polar surface area (TPSA) is 26.3 Å². The minimum Gasteiger partial charge on any atom is -0.494 e. The molecular weight excluding hydrogens is 191 g/mol. The van der Waals surface area contributed by atoms with Crippen molar-refractivity contribution >= 4 is 18.0 Å². The SMILES string of the molecule is COc1ccc(C=O)c(SC)c1F. The Morgan fingerprint density at radius 1 is 1.54 bits per heavy atom. The Kier molecular flexibility index (Phi) is 3.31. The predicted octanol–water partition coefficient (Wildman–Crippen LogP) is 2.37. The van der Waals surface area contributed by atoms with Crippen molar-refractivity contribution in [2.75, 3.05) is 13.4 Å². The lowest BCUT2D eigenvalue weighted by atomic mass is 10.2. The first kappa shape index (κ1) is 10.1. The summed E-state index contributed by atoms with van der Waals surface area (Å²) in [6.45, 7) is 0. The predicted molar refractivity (Wildman–Crippen MR) is 50.1 cm³/mol. The zero-order chi connectivity index (χ0) is 9.84. The van der Waals surface area contributed by atoms with E-state index in [0.717, 1.165) is 0 Å². The zero-order valence-corrected chi connectivity index (χ0v) is 8.15. The van der Waals surface area contributed by atoms with Gasteiger partial charge in [0.15, 0.2) is 17.9 Å². The van der Waals surface area contributed by atoms with Gasteiger partial charge in [-0.15, -0.1) is 11.8 Å². The second kappa shape index (κ2) is 4.28. The van der Waals surface area contributed by atoms with E-state index in [1.54, 1.807) is 12.3 Å². The summed E-state index contributed by atoms with van der Waals surface area (Å²) in [5.74, 6) is -0.311. The van der Waals surface area contributed by atoms with Gasteiger partial charge in [0.1, 0.15) is 0 Å². The first-order valence-corrected chi connectivity index (χ1v) is 4.82. The van der Waals surface area contributed by atoms with Gasteiger partial charge in [0.25, 0.3) is 0 Å². The Hall–Kier alpha value is -1.03. The number of halogens is 1. The van der Waals surface area contributed by atoms with E-state index in [1.807, 2.05) is 0 Å². The molecule has 0 N–H and O–H groups in total. The molecule has 0 bridgehead atoms. The van der Waals surface area contributed by atoms with E-state index in [1.165, 1.54) is 24.9 Å². The monoisotopic (exact) mass is 200 g/mol. The van der Waals surface area contributed by atoms with Gasteiger partial charge in [-0.2, -0.15) is 0 Å². The molecule has 0 aliphatic heterocycles. The largest absolute Gasteiger partial charge is 0.494 e. The van der Waals surface area contributed by atoms with Gasteiger partial charge in [-0.3, -0.25) is 4.79 Å². The van der Waals surface area contributed by atoms with Crippen molar-refractivity contribution in [3.8, 4) is 5.75 Å². The van der Waals surface area contributed by atoms with Gasteiger partial charge in [0.05, 0.1) is 12.0 Å². The van der Waals surface area contributed by atoms with E-state index in [-0.39, 0.29) is 5.75 Å². The minimum atomic E-state index is -0.473. The van der Waals surface area contributed by atoms with E-state index in [9.17, 15) is 9.18 Å². The highest BCUT2D eigenvalue weighted by Gasteiger charge is 2.12. The van der Waals surface area contributed by atoms with Crippen molar-refractivity contribution in [2.45, 2.75) is 4.90 Å². The van der Waals surface area contributed by atoms with Crippen LogP contribution in [0.4, 0.5) is 4.39 Å². The summed E-state index contributed by atoms with van der Waals surface area (Å²) in [7, 11) is 1.39. The maximum absolute atomic E-state index is 13.4. The fourth-order valence-electron chi connectivity index (χ4n) is 1.01. The smallest absolute Gasteiger partial charge is 0.179 e. The van der Waals surface area contributed by atoms with Crippen LogP contribution >= 0.6 is 11.8 Å². The highest BCUT2D eigenvalue weighted by molar-refractivity contribution is 7.98. The number of aldehydes is 1. The number of rotatable bonds is 3. The maximum Gasteiger partial charge on any atom is 0.179 e. The van der Waals surface area contributed by atoms with Crippen molar-refractivity contribution in [3.63, 3.8) is 0 Å². The second-order valence-electron chi connectivity index (χ2n) is 2.32. The van der Waals surface area contributed by atoms with Gasteiger partial charge < -0.3 is 4.74 Å². The van der Waals surface area contributed by atoms with Gasteiger partial charge in [-0.25, -0.2) is 4.39 Å². The molecule has 0 aromatic heterocycles. The normalized spacial score (nSPS) is 9.77. The summed E-state index contributed by atoms with van der Waals surface area (Å²) in [6.07, 6.45) is 2.35. The van der Waals surface area contributed by atoms with Crippen molar-refractivity contribution in [3.05, 3.63) is 23.5 Å². The van der Waals surface area contributed by atoms with E-state index < -0.39 is 5.82 Å². The summed E-state index contributed by atoms with van der Waals surface area (Å²) in [5.41, 5.74) is 0.353. The first-order chi connectivity index (χ1) is 6.24. The number of benzene rings is 1. The van der Waals surface area contributed by atoms with Crippen molar-refractivity contribution in [1.82, 2.24) is 0 Å². The number of carbonyl (C=O) groups excluding carboxylic acids is 1. The van der Waals surface area contributed by atoms with Crippen molar-refractivity contribution < 1.29 is 13.9 Å². The molecule has 2 nitrogen and oxygen atoms in total. The highest BCUT2D eigenvalue weighted by atomic mass is 32.2. The second-order valence-corrected chi connectivity index (χ2v) is 3.14. The lowest BCUT2D eigenvalue weighted by molar-refractivity contribution is 0.112. The number of hydrogen-bond donors (Lipinski definition) is 0. The van der Waals surface area contributed by atoms with E-state index in [0.29, 0.717) is 16.7 Å². The quantitative estimate of drug-likeness (QED) is 0.553. The maximum atomic E-state index is 13.4. The average Bonchev–Trinajstić information content (AvgIpc) is 2.17. The summed E-state index contributed by atoms with van der Waals surface area (Å²) in [5, 5.41) is 0. The van der Waals surface area contributed by atoms with Crippen LogP contribution in [0, 0.1) is 5.82 Å². The summed E-state index contributed by atoms with van der Waals surface area (Å²) in [6, 6.07) is 2.99. The third-order valence-corrected chi connectivity index (χ3v) is 2.47. The Morgan fingerprint density at radius 2 is 2.23 bits per heavy atom. The molecule has 4 heteroatoms. The van der Waals surface area contributed by atoms with Crippen LogP contribution in [0.5, 0.6) is 5.75 Å². The lowest BCUT2D eigenvalue weighted by Gasteiger charge is -2.06. The highest BCUT2D eigenvalue weighted by Crippen LogP contribution is 2.29. The Balaban J connectivity index is 3.31. The molecule has 1 aromatic carbocycles. The molecule has 0 amide bonds. The van der Waals surface area contributed by atoms with Crippen LogP contribution in [0.2, 0.25) is 0 Å². The van der Waals surface area contributed by atoms with Crippen LogP contribution in [-0.4, -0.2) is 19.7 Å². The average molecular weight is 200 g/mol. The third-order valence-electron chi connectivity index (χ3n) is 1.64. The number of methoxy groups -OCH3 is 1. The molecule has 13 heavy (non-hydrogen) atoms. The van der Waals surface area contributed by atoms with Crippen molar-refractivity contribution in [1.29, 1.82) is 0 Å². The van der Waals surface area contributed by atoms with E-state index in [2.05, 4.69) is 0 Å². The minimum absolute atomic E-state index is 0.162. The molecule has 0 saturated heterocycles. The molecule has 70 valence electrons. The number of carbonyl (C=O) groups is 1.